The number of aromatic nitrogens is 6. The third-order valence-corrected chi connectivity index (χ3v) is 17.7. The molecule has 0 radical (unpaired) electrons. The second-order valence-corrected chi connectivity index (χ2v) is 22.6. The van der Waals surface area contributed by atoms with Gasteiger partial charge in [0.05, 0.1) is 27.4 Å². The maximum atomic E-state index is 14.7. The van der Waals surface area contributed by atoms with Crippen molar-refractivity contribution in [2.45, 2.75) is 89.9 Å². The van der Waals surface area contributed by atoms with E-state index in [9.17, 15) is 22.8 Å². The molecular formula is C56H64N12O5S. The van der Waals surface area contributed by atoms with Crippen molar-refractivity contribution in [2.75, 3.05) is 48.3 Å². The van der Waals surface area contributed by atoms with E-state index in [-0.39, 0.29) is 29.6 Å². The van der Waals surface area contributed by atoms with Gasteiger partial charge in [-0.05, 0) is 131 Å². The number of nitrogen functional groups attached to an aromatic ring is 2. The topological polar surface area (TPSA) is 229 Å². The van der Waals surface area contributed by atoms with Gasteiger partial charge in [-0.1, -0.05) is 49.6 Å². The number of carbonyl (C=O) groups is 3. The van der Waals surface area contributed by atoms with Crippen LogP contribution in [0.3, 0.4) is 0 Å². The third kappa shape index (κ3) is 9.52. The van der Waals surface area contributed by atoms with Crippen molar-refractivity contribution in [3.63, 3.8) is 0 Å². The van der Waals surface area contributed by atoms with Crippen LogP contribution in [0.4, 0.5) is 23.0 Å². The highest BCUT2D eigenvalue weighted by atomic mass is 32.2. The van der Waals surface area contributed by atoms with Gasteiger partial charge in [-0.3, -0.25) is 14.4 Å². The lowest BCUT2D eigenvalue weighted by Gasteiger charge is -2.31. The molecule has 2 aliphatic carbocycles. The summed E-state index contributed by atoms with van der Waals surface area (Å²) in [5.74, 6) is 0.233. The number of benzene rings is 2. The Kier molecular flexibility index (Phi) is 13.9. The van der Waals surface area contributed by atoms with E-state index in [2.05, 4.69) is 49.4 Å². The minimum absolute atomic E-state index is 0.0550. The number of sulfonamides is 1. The van der Waals surface area contributed by atoms with Crippen LogP contribution >= 0.6 is 0 Å². The fourth-order valence-corrected chi connectivity index (χ4v) is 13.4. The van der Waals surface area contributed by atoms with Crippen molar-refractivity contribution < 1.29 is 22.8 Å². The SMILES string of the molecule is C=C(C)C(=O)Nc1ccc(-c2c(C3=CC[C@H](S(=O)(=O)N4CCC(Cn5c(-c6ccc(NC(=O)C(=C)C)cc6)c(C6=CC[C@H](C(=O)N7CCCCC7)CC6)c6c(N)ncnc65)C4)CC3)c3c(N)ncnc3n2C)cc1. The lowest BCUT2D eigenvalue weighted by Crippen LogP contribution is -2.40. The van der Waals surface area contributed by atoms with E-state index in [1.807, 2.05) is 71.1 Å². The maximum absolute atomic E-state index is 14.7. The molecule has 2 aliphatic heterocycles. The first-order chi connectivity index (χ1) is 35.6. The molecule has 3 atom stereocenters. The van der Waals surface area contributed by atoms with Crippen LogP contribution in [-0.2, 0) is 38.0 Å². The Morgan fingerprint density at radius 1 is 0.689 bits per heavy atom. The molecule has 0 saturated carbocycles. The predicted octanol–water partition coefficient (Wildman–Crippen LogP) is 8.72. The molecule has 6 aromatic rings. The highest BCUT2D eigenvalue weighted by molar-refractivity contribution is 7.89. The average Bonchev–Trinajstić information content (AvgIpc) is 4.12. The van der Waals surface area contributed by atoms with Gasteiger partial charge in [0.15, 0.2) is 0 Å². The second kappa shape index (κ2) is 20.5. The highest BCUT2D eigenvalue weighted by Gasteiger charge is 2.40. The summed E-state index contributed by atoms with van der Waals surface area (Å²) in [5.41, 5.74) is 24.1. The number of rotatable bonds is 13. The Hall–Kier alpha value is -7.44. The van der Waals surface area contributed by atoms with Crippen molar-refractivity contribution in [1.82, 2.24) is 38.3 Å². The number of likely N-dealkylation sites (tertiary alicyclic amines) is 1. The van der Waals surface area contributed by atoms with Crippen molar-refractivity contribution in [3.8, 4) is 22.5 Å². The first-order valence-electron chi connectivity index (χ1n) is 25.6. The molecule has 74 heavy (non-hydrogen) atoms. The zero-order chi connectivity index (χ0) is 52.0. The Bertz CT molecular complexity index is 3420. The number of aryl methyl sites for hydroxylation is 1. The predicted molar refractivity (Wildman–Crippen MR) is 293 cm³/mol. The number of piperidine rings is 1. The van der Waals surface area contributed by atoms with E-state index < -0.39 is 15.3 Å². The highest BCUT2D eigenvalue weighted by Crippen LogP contribution is 2.46. The molecule has 6 heterocycles. The van der Waals surface area contributed by atoms with Gasteiger partial charge in [0.25, 0.3) is 11.8 Å². The fourth-order valence-electron chi connectivity index (χ4n) is 11.4. The van der Waals surface area contributed by atoms with Gasteiger partial charge >= 0.3 is 0 Å². The first-order valence-corrected chi connectivity index (χ1v) is 27.1. The van der Waals surface area contributed by atoms with E-state index in [1.54, 1.807) is 18.2 Å². The molecule has 2 fully saturated rings. The van der Waals surface area contributed by atoms with Gasteiger partial charge in [0.2, 0.25) is 15.9 Å². The van der Waals surface area contributed by atoms with Gasteiger partial charge < -0.3 is 36.1 Å². The van der Waals surface area contributed by atoms with Gasteiger partial charge in [-0.15, -0.1) is 0 Å². The molecule has 4 aromatic heterocycles. The van der Waals surface area contributed by atoms with Crippen molar-refractivity contribution >= 4 is 84.0 Å². The summed E-state index contributed by atoms with van der Waals surface area (Å²) >= 11 is 0. The third-order valence-electron chi connectivity index (χ3n) is 15.4. The molecule has 2 saturated heterocycles. The first kappa shape index (κ1) is 50.1. The van der Waals surface area contributed by atoms with Crippen molar-refractivity contribution in [3.05, 3.63) is 109 Å². The monoisotopic (exact) mass is 1020 g/mol. The number of allylic oxidation sites excluding steroid dienone is 4. The number of carbonyl (C=O) groups excluding carboxylic acids is 3. The summed E-state index contributed by atoms with van der Waals surface area (Å²) in [6.07, 6.45) is 14.2. The van der Waals surface area contributed by atoms with Crippen molar-refractivity contribution in [2.24, 2.45) is 18.9 Å². The molecule has 2 aromatic carbocycles. The van der Waals surface area contributed by atoms with E-state index in [4.69, 9.17) is 16.5 Å². The largest absolute Gasteiger partial charge is 0.383 e. The maximum Gasteiger partial charge on any atom is 0.250 e. The molecule has 18 heteroatoms. The molecule has 6 N–H and O–H groups in total. The molecule has 3 amide bonds. The normalized spacial score (nSPS) is 19.6. The minimum Gasteiger partial charge on any atom is -0.383 e. The number of hydrogen-bond acceptors (Lipinski definition) is 11. The number of fused-ring (bicyclic) bond motifs is 2. The van der Waals surface area contributed by atoms with Crippen LogP contribution in [0.2, 0.25) is 0 Å². The zero-order valence-electron chi connectivity index (χ0n) is 42.4. The molecule has 4 aliphatic rings. The Morgan fingerprint density at radius 3 is 1.78 bits per heavy atom. The van der Waals surface area contributed by atoms with E-state index in [0.717, 1.165) is 82.5 Å². The number of anilines is 4. The number of nitrogens with zero attached hydrogens (tertiary/aromatic N) is 8. The smallest absolute Gasteiger partial charge is 0.250 e. The van der Waals surface area contributed by atoms with Crippen LogP contribution in [0.25, 0.3) is 55.7 Å². The van der Waals surface area contributed by atoms with E-state index >= 15 is 0 Å². The number of amides is 3. The van der Waals surface area contributed by atoms with Gasteiger partial charge in [0.1, 0.15) is 35.6 Å². The number of hydrogen-bond donors (Lipinski definition) is 4. The molecule has 1 unspecified atom stereocenters. The van der Waals surface area contributed by atoms with E-state index in [1.165, 1.54) is 12.7 Å². The minimum atomic E-state index is -3.73. The van der Waals surface area contributed by atoms with Crippen LogP contribution in [0.15, 0.2) is 97.6 Å². The molecular weight excluding hydrogens is 953 g/mol. The van der Waals surface area contributed by atoms with Crippen LogP contribution in [0, 0.1) is 11.8 Å². The zero-order valence-corrected chi connectivity index (χ0v) is 43.2. The van der Waals surface area contributed by atoms with Crippen LogP contribution in [0.1, 0.15) is 89.2 Å². The van der Waals surface area contributed by atoms with Gasteiger partial charge in [-0.25, -0.2) is 32.7 Å². The summed E-state index contributed by atoms with van der Waals surface area (Å²) < 4.78 is 35.3. The summed E-state index contributed by atoms with van der Waals surface area (Å²) in [7, 11) is -1.80. The Balaban J connectivity index is 0.929. The summed E-state index contributed by atoms with van der Waals surface area (Å²) in [6.45, 7) is 13.7. The quantitative estimate of drug-likeness (QED) is 0.0800. The van der Waals surface area contributed by atoms with E-state index in [0.29, 0.717) is 115 Å². The lowest BCUT2D eigenvalue weighted by molar-refractivity contribution is -0.136. The fraction of sp³-hybridized carbons (Fsp3) is 0.375. The molecule has 0 spiro atoms. The van der Waals surface area contributed by atoms with Gasteiger partial charge in [-0.2, -0.15) is 0 Å². The summed E-state index contributed by atoms with van der Waals surface area (Å²) in [4.78, 5) is 58.9. The molecule has 10 rings (SSSR count). The Labute approximate surface area is 431 Å². The average molecular weight is 1020 g/mol. The standard InChI is InChI=1S/C56H64N12O5S/c1-33(2)54(69)63-41-19-13-38(14-20-41)48-44(46-50(57)59-31-61-52(46)65(48)5)37-17-23-43(24-18-37)74(72,73)67-28-25-35(29-67)30-68-49(39-15-21-42(22-16-39)64-55(70)34(3)4)45(47-51(58)60-32-62-53(47)68)36-9-11-40(12-10-36)56(71)66-26-7-6-8-27-66/h9,13-17,19-22,31-32,35,40,43H,1,3,6-8,10-12,18,23-30H2,2,4-5H3,(H,63,69)(H,64,70)(H2,57,59,61)(H2,58,60,62)/t35?,40-,43-/m0/s1. The number of nitrogens with one attached hydrogen (secondary N) is 2. The molecule has 17 nitrogen and oxygen atoms in total. The number of nitrogens with two attached hydrogens (primary N) is 2. The van der Waals surface area contributed by atoms with Crippen LogP contribution in [-0.4, -0.2) is 95.8 Å². The lowest BCUT2D eigenvalue weighted by atomic mass is 9.84. The molecule has 384 valence electrons. The Morgan fingerprint density at radius 2 is 1.23 bits per heavy atom. The van der Waals surface area contributed by atoms with Crippen molar-refractivity contribution in [1.29, 1.82) is 0 Å². The summed E-state index contributed by atoms with van der Waals surface area (Å²) in [5, 5.41) is 6.59. The summed E-state index contributed by atoms with van der Waals surface area (Å²) in [6, 6.07) is 15.2. The molecule has 0 bridgehead atoms. The van der Waals surface area contributed by atoms with Crippen LogP contribution in [0.5, 0.6) is 0 Å². The second-order valence-electron chi connectivity index (χ2n) is 20.4. The van der Waals surface area contributed by atoms with Crippen LogP contribution < -0.4 is 22.1 Å². The van der Waals surface area contributed by atoms with Gasteiger partial charge in [0, 0.05) is 79.3 Å².